The Morgan fingerprint density at radius 3 is 1.24 bits per heavy atom. The Bertz CT molecular complexity index is 3380. The average molecular weight is 850 g/mol. The van der Waals surface area contributed by atoms with E-state index in [2.05, 4.69) is 165 Å². The van der Waals surface area contributed by atoms with Gasteiger partial charge in [0, 0.05) is 27.5 Å². The maximum atomic E-state index is 10.5. The van der Waals surface area contributed by atoms with E-state index in [-0.39, 0.29) is 10.8 Å². The summed E-state index contributed by atoms with van der Waals surface area (Å²) in [6.45, 7) is 9.11. The molecule has 66 heavy (non-hydrogen) atoms. The van der Waals surface area contributed by atoms with Crippen LogP contribution in [-0.2, 0) is 10.8 Å². The molecule has 8 aromatic carbocycles. The minimum atomic E-state index is -0.272. The Morgan fingerprint density at radius 2 is 0.742 bits per heavy atom. The number of hydrogen-bond acceptors (Lipinski definition) is 7. The summed E-state index contributed by atoms with van der Waals surface area (Å²) in [5.74, 6) is 1.38. The highest BCUT2D eigenvalue weighted by Gasteiger charge is 2.39. The largest absolute Gasteiger partial charge is 0.309 e. The van der Waals surface area contributed by atoms with Crippen LogP contribution in [0.2, 0.25) is 0 Å². The molecule has 0 fully saturated rings. The van der Waals surface area contributed by atoms with E-state index in [0.29, 0.717) is 34.2 Å². The van der Waals surface area contributed by atoms with E-state index < -0.39 is 0 Å². The first-order valence-electron chi connectivity index (χ1n) is 22.1. The zero-order valence-electron chi connectivity index (χ0n) is 37.0. The van der Waals surface area contributed by atoms with E-state index in [1.54, 1.807) is 0 Å². The van der Waals surface area contributed by atoms with Crippen LogP contribution in [0.5, 0.6) is 0 Å². The fraction of sp³-hybridized carbons (Fsp3) is 0.102. The molecule has 0 unspecified atom stereocenters. The molecular formula is C59H43N7. The summed E-state index contributed by atoms with van der Waals surface area (Å²) in [6.07, 6.45) is 0. The summed E-state index contributed by atoms with van der Waals surface area (Å²) < 4.78 is 0. The minimum Gasteiger partial charge on any atom is -0.309 e. The lowest BCUT2D eigenvalue weighted by molar-refractivity contribution is 0.632. The second-order valence-corrected chi connectivity index (χ2v) is 17.9. The van der Waals surface area contributed by atoms with Gasteiger partial charge >= 0.3 is 0 Å². The maximum absolute atomic E-state index is 10.5. The normalized spacial score (nSPS) is 13.9. The third kappa shape index (κ3) is 6.44. The van der Waals surface area contributed by atoms with E-state index in [1.165, 1.54) is 22.3 Å². The summed E-state index contributed by atoms with van der Waals surface area (Å²) in [6, 6.07) is 68.8. The van der Waals surface area contributed by atoms with Crippen LogP contribution in [0.25, 0.3) is 45.3 Å². The summed E-state index contributed by atoms with van der Waals surface area (Å²) in [5.41, 5.74) is 15.3. The van der Waals surface area contributed by atoms with Gasteiger partial charge in [0.05, 0.1) is 57.4 Å². The zero-order valence-corrected chi connectivity index (χ0v) is 37.0. The molecule has 0 aliphatic carbocycles. The molecule has 0 radical (unpaired) electrons. The van der Waals surface area contributed by atoms with Gasteiger partial charge in [-0.25, -0.2) is 15.0 Å². The molecule has 1 aromatic heterocycles. The van der Waals surface area contributed by atoms with Crippen molar-refractivity contribution in [2.75, 3.05) is 9.80 Å². The van der Waals surface area contributed by atoms with Gasteiger partial charge in [0.1, 0.15) is 0 Å². The van der Waals surface area contributed by atoms with Crippen molar-refractivity contribution in [2.24, 2.45) is 0 Å². The number of aromatic nitrogens is 3. The van der Waals surface area contributed by atoms with Crippen molar-refractivity contribution in [3.05, 3.63) is 221 Å². The Balaban J connectivity index is 1.21. The van der Waals surface area contributed by atoms with Crippen LogP contribution >= 0.6 is 0 Å². The number of fused-ring (bicyclic) bond motifs is 4. The maximum Gasteiger partial charge on any atom is 0.166 e. The molecule has 9 aromatic rings. The van der Waals surface area contributed by atoms with Gasteiger partial charge in [-0.1, -0.05) is 149 Å². The van der Waals surface area contributed by atoms with Crippen LogP contribution in [-0.4, -0.2) is 15.0 Å². The van der Waals surface area contributed by atoms with Gasteiger partial charge in [-0.2, -0.15) is 10.5 Å². The van der Waals surface area contributed by atoms with Crippen LogP contribution in [0, 0.1) is 22.7 Å². The van der Waals surface area contributed by atoms with Crippen molar-refractivity contribution in [3.63, 3.8) is 0 Å². The molecule has 2 aliphatic heterocycles. The fourth-order valence-electron chi connectivity index (χ4n) is 10.0. The predicted octanol–water partition coefficient (Wildman–Crippen LogP) is 14.5. The quantitative estimate of drug-likeness (QED) is 0.164. The van der Waals surface area contributed by atoms with Crippen LogP contribution in [0.15, 0.2) is 188 Å². The van der Waals surface area contributed by atoms with Crippen molar-refractivity contribution in [1.29, 1.82) is 10.5 Å². The van der Waals surface area contributed by atoms with Crippen molar-refractivity contribution >= 4 is 34.1 Å². The van der Waals surface area contributed by atoms with Crippen LogP contribution in [0.3, 0.4) is 0 Å². The molecule has 0 N–H and O–H groups in total. The fourth-order valence-corrected chi connectivity index (χ4v) is 10.0. The van der Waals surface area contributed by atoms with E-state index in [9.17, 15) is 10.5 Å². The Labute approximate surface area is 385 Å². The van der Waals surface area contributed by atoms with Crippen molar-refractivity contribution in [2.45, 2.75) is 38.5 Å². The third-order valence-corrected chi connectivity index (χ3v) is 13.4. The van der Waals surface area contributed by atoms with Crippen LogP contribution in [0.4, 0.5) is 34.1 Å². The van der Waals surface area contributed by atoms with Crippen molar-refractivity contribution in [3.8, 4) is 57.4 Å². The monoisotopic (exact) mass is 849 g/mol. The van der Waals surface area contributed by atoms with Crippen molar-refractivity contribution in [1.82, 2.24) is 15.0 Å². The first-order valence-corrected chi connectivity index (χ1v) is 22.1. The molecule has 0 bridgehead atoms. The van der Waals surface area contributed by atoms with Crippen LogP contribution < -0.4 is 9.80 Å². The highest BCUT2D eigenvalue weighted by atomic mass is 15.2. The second-order valence-electron chi connectivity index (χ2n) is 17.9. The molecule has 0 saturated heterocycles. The van der Waals surface area contributed by atoms with E-state index in [0.717, 1.165) is 56.4 Å². The van der Waals surface area contributed by atoms with Gasteiger partial charge in [0.2, 0.25) is 0 Å². The summed E-state index contributed by atoms with van der Waals surface area (Å²) in [7, 11) is 0. The smallest absolute Gasteiger partial charge is 0.166 e. The molecule has 314 valence electrons. The van der Waals surface area contributed by atoms with Gasteiger partial charge in [-0.05, 0) is 100 Å². The molecular weight excluding hydrogens is 807 g/mol. The lowest BCUT2D eigenvalue weighted by Crippen LogP contribution is -2.30. The standard InChI is InChI=1S/C59H43N7/c1-58(2)45-21-8-12-25-51(45)65(52-26-13-9-22-46(52)58)49-31-29-39(37-61)34-43(49)56-62-55(40-18-6-5-7-19-40)63-57(64-56)44-35-42(41-20-16-17-38(33-41)36-60)30-32-50(44)66-53-27-14-10-23-47(53)59(3,4)48-24-11-15-28-54(48)66/h5-35H,1-4H3. The SMILES string of the molecule is CC1(C)c2ccccc2N(c2ccc(C#N)cc2-c2nc(-c3ccccc3)nc(-c3cc(-c4cccc(C#N)c4)ccc3N3c4ccccc4C(C)(C)c4ccccc43)n2)c2ccccc21. The number of hydrogen-bond donors (Lipinski definition) is 0. The number of anilines is 6. The minimum absolute atomic E-state index is 0.271. The van der Waals surface area contributed by atoms with Gasteiger partial charge in [0.15, 0.2) is 17.5 Å². The Hall–Kier alpha value is -8.65. The van der Waals surface area contributed by atoms with E-state index in [1.807, 2.05) is 72.8 Å². The molecule has 7 nitrogen and oxygen atoms in total. The zero-order chi connectivity index (χ0) is 45.2. The van der Waals surface area contributed by atoms with Crippen LogP contribution in [0.1, 0.15) is 61.1 Å². The van der Waals surface area contributed by atoms with Gasteiger partial charge < -0.3 is 9.80 Å². The summed E-state index contributed by atoms with van der Waals surface area (Å²) >= 11 is 0. The van der Waals surface area contributed by atoms with Crippen molar-refractivity contribution < 1.29 is 0 Å². The Kier molecular flexibility index (Phi) is 9.46. The first kappa shape index (κ1) is 40.1. The molecule has 0 amide bonds. The van der Waals surface area contributed by atoms with Gasteiger partial charge in [0.25, 0.3) is 0 Å². The third-order valence-electron chi connectivity index (χ3n) is 13.4. The Morgan fingerprint density at radius 1 is 0.348 bits per heavy atom. The molecule has 2 aliphatic rings. The molecule has 0 spiro atoms. The van der Waals surface area contributed by atoms with Gasteiger partial charge in [-0.3, -0.25) is 0 Å². The molecule has 0 atom stereocenters. The lowest BCUT2D eigenvalue weighted by atomic mass is 9.73. The molecule has 3 heterocycles. The second kappa shape index (κ2) is 15.6. The number of benzene rings is 8. The number of nitrogens with zero attached hydrogens (tertiary/aromatic N) is 7. The van der Waals surface area contributed by atoms with E-state index >= 15 is 0 Å². The summed E-state index contributed by atoms with van der Waals surface area (Å²) in [5, 5.41) is 20.4. The molecule has 7 heteroatoms. The first-order chi connectivity index (χ1) is 32.1. The predicted molar refractivity (Wildman–Crippen MR) is 265 cm³/mol. The number of rotatable bonds is 6. The van der Waals surface area contributed by atoms with Gasteiger partial charge in [-0.15, -0.1) is 0 Å². The topological polar surface area (TPSA) is 92.7 Å². The highest BCUT2D eigenvalue weighted by Crippen LogP contribution is 2.55. The lowest BCUT2D eigenvalue weighted by Gasteiger charge is -2.42. The molecule has 11 rings (SSSR count). The highest BCUT2D eigenvalue weighted by molar-refractivity contribution is 5.95. The summed E-state index contributed by atoms with van der Waals surface area (Å²) in [4.78, 5) is 20.8. The average Bonchev–Trinajstić information content (AvgIpc) is 3.37. The number of para-hydroxylation sites is 4. The number of nitriles is 2. The van der Waals surface area contributed by atoms with E-state index in [4.69, 9.17) is 15.0 Å². The molecule has 0 saturated carbocycles.